The predicted molar refractivity (Wildman–Crippen MR) is 103 cm³/mol. The van der Waals surface area contributed by atoms with Crippen LogP contribution in [0.5, 0.6) is 11.5 Å². The lowest BCUT2D eigenvalue weighted by atomic mass is 10.1. The van der Waals surface area contributed by atoms with Crippen LogP contribution in [0, 0.1) is 0 Å². The second kappa shape index (κ2) is 6.44. The normalized spacial score (nSPS) is 15.3. The maximum atomic E-state index is 5.69. The Labute approximate surface area is 162 Å². The number of rotatable bonds is 2. The van der Waals surface area contributed by atoms with Crippen molar-refractivity contribution in [2.45, 2.75) is 5.16 Å². The van der Waals surface area contributed by atoms with Crippen molar-refractivity contribution in [3.05, 3.63) is 52.5 Å². The van der Waals surface area contributed by atoms with E-state index >= 15 is 0 Å². The smallest absolute Gasteiger partial charge is 0.212 e. The summed E-state index contributed by atoms with van der Waals surface area (Å²) in [6.45, 7) is 1.16. The third-order valence-electron chi connectivity index (χ3n) is 4.15. The average Bonchev–Trinajstić information content (AvgIpc) is 3.11. The van der Waals surface area contributed by atoms with E-state index in [0.29, 0.717) is 13.2 Å². The van der Waals surface area contributed by atoms with Crippen molar-refractivity contribution >= 4 is 33.4 Å². The van der Waals surface area contributed by atoms with Crippen molar-refractivity contribution < 1.29 is 9.47 Å². The minimum atomic E-state index is 0.570. The van der Waals surface area contributed by atoms with E-state index in [1.165, 1.54) is 0 Å². The molecule has 0 saturated carbocycles. The molecule has 0 N–H and O–H groups in total. The van der Waals surface area contributed by atoms with Gasteiger partial charge in [-0.1, -0.05) is 39.8 Å². The third kappa shape index (κ3) is 2.79. The SMILES string of the molecule is Brc1ccc(-c2nnc3n2N=C(c2ccc4c(c2)OCCO4)CS3)cc1. The quantitative estimate of drug-likeness (QED) is 0.620. The lowest BCUT2D eigenvalue weighted by molar-refractivity contribution is 0.171. The lowest BCUT2D eigenvalue weighted by Gasteiger charge is -2.20. The summed E-state index contributed by atoms with van der Waals surface area (Å²) in [6, 6.07) is 13.9. The molecule has 3 heterocycles. The van der Waals surface area contributed by atoms with E-state index in [1.807, 2.05) is 47.1 Å². The maximum Gasteiger partial charge on any atom is 0.212 e. The minimum Gasteiger partial charge on any atom is -0.486 e. The highest BCUT2D eigenvalue weighted by atomic mass is 79.9. The van der Waals surface area contributed by atoms with Crippen LogP contribution >= 0.6 is 27.7 Å². The van der Waals surface area contributed by atoms with Gasteiger partial charge in [0.25, 0.3) is 0 Å². The lowest BCUT2D eigenvalue weighted by Crippen LogP contribution is -2.17. The number of ether oxygens (including phenoxy) is 2. The van der Waals surface area contributed by atoms with Crippen molar-refractivity contribution in [3.63, 3.8) is 0 Å². The standard InChI is InChI=1S/C18H13BrN4O2S/c19-13-4-1-11(2-5-13)17-20-21-18-23(17)22-14(10-26-18)12-3-6-15-16(9-12)25-8-7-24-15/h1-6,9H,7-8,10H2. The van der Waals surface area contributed by atoms with Gasteiger partial charge in [-0.2, -0.15) is 9.78 Å². The number of aromatic nitrogens is 3. The molecule has 0 atom stereocenters. The molecule has 0 bridgehead atoms. The largest absolute Gasteiger partial charge is 0.486 e. The molecule has 6 nitrogen and oxygen atoms in total. The maximum absolute atomic E-state index is 5.69. The minimum absolute atomic E-state index is 0.570. The van der Waals surface area contributed by atoms with Gasteiger partial charge in [-0.3, -0.25) is 0 Å². The van der Waals surface area contributed by atoms with Crippen LogP contribution in [-0.2, 0) is 0 Å². The van der Waals surface area contributed by atoms with E-state index in [1.54, 1.807) is 11.8 Å². The topological polar surface area (TPSA) is 61.5 Å². The molecule has 5 rings (SSSR count). The summed E-state index contributed by atoms with van der Waals surface area (Å²) in [5.74, 6) is 3.02. The van der Waals surface area contributed by atoms with Crippen LogP contribution in [0.2, 0.25) is 0 Å². The molecule has 0 aliphatic carbocycles. The highest BCUT2D eigenvalue weighted by Gasteiger charge is 2.22. The molecular weight excluding hydrogens is 416 g/mol. The Morgan fingerprint density at radius 3 is 2.54 bits per heavy atom. The monoisotopic (exact) mass is 428 g/mol. The van der Waals surface area contributed by atoms with Gasteiger partial charge in [0.05, 0.1) is 5.71 Å². The zero-order chi connectivity index (χ0) is 17.5. The third-order valence-corrected chi connectivity index (χ3v) is 5.61. The Bertz CT molecular complexity index is 1020. The molecule has 3 aromatic rings. The van der Waals surface area contributed by atoms with Crippen LogP contribution in [0.25, 0.3) is 11.4 Å². The zero-order valence-electron chi connectivity index (χ0n) is 13.6. The van der Waals surface area contributed by atoms with E-state index < -0.39 is 0 Å². The molecule has 8 heteroatoms. The number of hydrogen-bond acceptors (Lipinski definition) is 6. The van der Waals surface area contributed by atoms with Crippen LogP contribution in [-0.4, -0.2) is 39.6 Å². The number of nitrogens with zero attached hydrogens (tertiary/aromatic N) is 4. The summed E-state index contributed by atoms with van der Waals surface area (Å²) in [5, 5.41) is 14.2. The van der Waals surface area contributed by atoms with Gasteiger partial charge in [0.2, 0.25) is 5.16 Å². The molecule has 0 spiro atoms. The van der Waals surface area contributed by atoms with Crippen LogP contribution in [0.15, 0.2) is 57.2 Å². The van der Waals surface area contributed by atoms with Gasteiger partial charge in [0.15, 0.2) is 17.3 Å². The van der Waals surface area contributed by atoms with E-state index in [4.69, 9.17) is 14.6 Å². The Morgan fingerprint density at radius 1 is 0.923 bits per heavy atom. The second-order valence-corrected chi connectivity index (χ2v) is 7.68. The summed E-state index contributed by atoms with van der Waals surface area (Å²) in [4.78, 5) is 0. The average molecular weight is 429 g/mol. The first-order valence-corrected chi connectivity index (χ1v) is 9.88. The fraction of sp³-hybridized carbons (Fsp3) is 0.167. The Hall–Kier alpha value is -2.32. The molecule has 2 aliphatic heterocycles. The van der Waals surface area contributed by atoms with E-state index in [2.05, 4.69) is 26.1 Å². The fourth-order valence-corrected chi connectivity index (χ4v) is 3.97. The van der Waals surface area contributed by atoms with Gasteiger partial charge in [0.1, 0.15) is 13.2 Å². The Balaban J connectivity index is 1.55. The molecule has 0 fully saturated rings. The van der Waals surface area contributed by atoms with Gasteiger partial charge < -0.3 is 9.47 Å². The van der Waals surface area contributed by atoms with Gasteiger partial charge >= 0.3 is 0 Å². The summed E-state index contributed by atoms with van der Waals surface area (Å²) in [5.41, 5.74) is 2.94. The highest BCUT2D eigenvalue weighted by Crippen LogP contribution is 2.33. The van der Waals surface area contributed by atoms with E-state index in [-0.39, 0.29) is 0 Å². The van der Waals surface area contributed by atoms with Gasteiger partial charge in [-0.15, -0.1) is 10.2 Å². The first kappa shape index (κ1) is 15.9. The van der Waals surface area contributed by atoms with E-state index in [0.717, 1.165) is 49.5 Å². The number of hydrogen-bond donors (Lipinski definition) is 0. The van der Waals surface area contributed by atoms with Crippen LogP contribution < -0.4 is 9.47 Å². The first-order valence-electron chi connectivity index (χ1n) is 8.10. The summed E-state index contributed by atoms with van der Waals surface area (Å²) < 4.78 is 14.1. The summed E-state index contributed by atoms with van der Waals surface area (Å²) in [6.07, 6.45) is 0. The first-order chi connectivity index (χ1) is 12.8. The van der Waals surface area contributed by atoms with Crippen molar-refractivity contribution in [2.75, 3.05) is 19.0 Å². The van der Waals surface area contributed by atoms with Gasteiger partial charge in [-0.25, -0.2) is 0 Å². The van der Waals surface area contributed by atoms with Crippen molar-refractivity contribution in [1.29, 1.82) is 0 Å². The molecule has 2 aliphatic rings. The number of halogens is 1. The molecule has 0 unspecified atom stereocenters. The number of benzene rings is 2. The Morgan fingerprint density at radius 2 is 1.69 bits per heavy atom. The van der Waals surface area contributed by atoms with Crippen molar-refractivity contribution in [2.24, 2.45) is 5.10 Å². The summed E-state index contributed by atoms with van der Waals surface area (Å²) in [7, 11) is 0. The van der Waals surface area contributed by atoms with Crippen LogP contribution in [0.4, 0.5) is 0 Å². The second-order valence-electron chi connectivity index (χ2n) is 5.82. The molecule has 2 aromatic carbocycles. The van der Waals surface area contributed by atoms with Crippen molar-refractivity contribution in [1.82, 2.24) is 14.9 Å². The number of thioether (sulfide) groups is 1. The molecule has 26 heavy (non-hydrogen) atoms. The van der Waals surface area contributed by atoms with Gasteiger partial charge in [-0.05, 0) is 30.3 Å². The Kier molecular flexibility index (Phi) is 3.94. The number of fused-ring (bicyclic) bond motifs is 2. The predicted octanol–water partition coefficient (Wildman–Crippen LogP) is 3.84. The van der Waals surface area contributed by atoms with Crippen LogP contribution in [0.3, 0.4) is 0 Å². The molecule has 0 amide bonds. The fourth-order valence-electron chi connectivity index (χ4n) is 2.87. The van der Waals surface area contributed by atoms with Crippen LogP contribution in [0.1, 0.15) is 5.56 Å². The molecular formula is C18H13BrN4O2S. The van der Waals surface area contributed by atoms with Crippen molar-refractivity contribution in [3.8, 4) is 22.9 Å². The molecule has 0 radical (unpaired) electrons. The molecule has 1 aromatic heterocycles. The van der Waals surface area contributed by atoms with E-state index in [9.17, 15) is 0 Å². The molecule has 0 saturated heterocycles. The zero-order valence-corrected chi connectivity index (χ0v) is 16.0. The summed E-state index contributed by atoms with van der Waals surface area (Å²) >= 11 is 5.08. The molecule has 130 valence electrons. The van der Waals surface area contributed by atoms with Gasteiger partial charge in [0, 0.05) is 21.4 Å². The highest BCUT2D eigenvalue weighted by molar-refractivity contribution is 9.10.